The first-order chi connectivity index (χ1) is 12.4. The van der Waals surface area contributed by atoms with E-state index in [0.717, 1.165) is 40.4 Å². The van der Waals surface area contributed by atoms with E-state index in [1.807, 2.05) is 26.0 Å². The Morgan fingerprint density at radius 2 is 2.19 bits per heavy atom. The summed E-state index contributed by atoms with van der Waals surface area (Å²) in [6.07, 6.45) is 1.36. The number of para-hydroxylation sites is 1. The molecule has 2 aromatic rings. The quantitative estimate of drug-likeness (QED) is 0.860. The first kappa shape index (κ1) is 18.5. The maximum Gasteiger partial charge on any atom is 0.225 e. The highest BCUT2D eigenvalue weighted by Gasteiger charge is 2.26. The molecule has 2 unspecified atom stereocenters. The van der Waals surface area contributed by atoms with Gasteiger partial charge in [-0.25, -0.2) is 0 Å². The number of anilines is 1. The summed E-state index contributed by atoms with van der Waals surface area (Å²) < 4.78 is 5.89. The standard InChI is InChI=1S/C20H28N4O2/c1-12(19-13(2)22-23-14(19)3)11-18(25)21-16-8-6-7-15-17(24(4)5)9-10-26-20(15)16/h6-8,12,17H,9-11H2,1-5H3,(H,21,25)(H,22,23). The smallest absolute Gasteiger partial charge is 0.225 e. The molecule has 0 aliphatic carbocycles. The van der Waals surface area contributed by atoms with Crippen LogP contribution in [-0.2, 0) is 4.79 Å². The van der Waals surface area contributed by atoms with Crippen molar-refractivity contribution in [3.05, 3.63) is 40.7 Å². The van der Waals surface area contributed by atoms with E-state index in [2.05, 4.69) is 47.5 Å². The van der Waals surface area contributed by atoms with Gasteiger partial charge in [-0.05, 0) is 45.5 Å². The molecule has 6 heteroatoms. The topological polar surface area (TPSA) is 70.2 Å². The van der Waals surface area contributed by atoms with Gasteiger partial charge in [-0.3, -0.25) is 9.89 Å². The fourth-order valence-corrected chi connectivity index (χ4v) is 3.91. The van der Waals surface area contributed by atoms with E-state index < -0.39 is 0 Å². The average molecular weight is 356 g/mol. The molecular weight excluding hydrogens is 328 g/mol. The lowest BCUT2D eigenvalue weighted by Crippen LogP contribution is -2.27. The minimum absolute atomic E-state index is 0.0125. The van der Waals surface area contributed by atoms with E-state index in [0.29, 0.717) is 19.1 Å². The van der Waals surface area contributed by atoms with Gasteiger partial charge < -0.3 is 15.0 Å². The number of fused-ring (bicyclic) bond motifs is 1. The third-order valence-electron chi connectivity index (χ3n) is 5.11. The SMILES string of the molecule is Cc1n[nH]c(C)c1C(C)CC(=O)Nc1cccc2c1OCCC2N(C)C. The number of hydrogen-bond acceptors (Lipinski definition) is 4. The Morgan fingerprint density at radius 3 is 2.85 bits per heavy atom. The predicted molar refractivity (Wildman–Crippen MR) is 103 cm³/mol. The Hall–Kier alpha value is -2.34. The van der Waals surface area contributed by atoms with Gasteiger partial charge in [0.2, 0.25) is 5.91 Å². The van der Waals surface area contributed by atoms with Crippen LogP contribution >= 0.6 is 0 Å². The number of H-pyrrole nitrogens is 1. The fraction of sp³-hybridized carbons (Fsp3) is 0.500. The molecule has 2 heterocycles. The number of hydrogen-bond donors (Lipinski definition) is 2. The highest BCUT2D eigenvalue weighted by molar-refractivity contribution is 5.93. The number of aryl methyl sites for hydroxylation is 2. The van der Waals surface area contributed by atoms with Crippen molar-refractivity contribution in [2.75, 3.05) is 26.0 Å². The van der Waals surface area contributed by atoms with Crippen molar-refractivity contribution in [1.82, 2.24) is 15.1 Å². The number of carbonyl (C=O) groups is 1. The molecule has 1 aromatic carbocycles. The maximum absolute atomic E-state index is 12.6. The molecule has 1 aliphatic rings. The van der Waals surface area contributed by atoms with Crippen LogP contribution < -0.4 is 10.1 Å². The highest BCUT2D eigenvalue weighted by Crippen LogP contribution is 2.40. The van der Waals surface area contributed by atoms with Gasteiger partial charge in [-0.15, -0.1) is 0 Å². The summed E-state index contributed by atoms with van der Waals surface area (Å²) in [4.78, 5) is 14.8. The second-order valence-electron chi connectivity index (χ2n) is 7.34. The molecule has 1 aliphatic heterocycles. The second-order valence-corrected chi connectivity index (χ2v) is 7.34. The summed E-state index contributed by atoms with van der Waals surface area (Å²) in [5.41, 5.74) is 4.99. The average Bonchev–Trinajstić information content (AvgIpc) is 2.93. The number of benzene rings is 1. The van der Waals surface area contributed by atoms with Crippen LogP contribution in [0.1, 0.15) is 54.2 Å². The van der Waals surface area contributed by atoms with E-state index >= 15 is 0 Å². The normalized spacial score (nSPS) is 17.5. The van der Waals surface area contributed by atoms with Crippen LogP contribution in [0, 0.1) is 13.8 Å². The summed E-state index contributed by atoms with van der Waals surface area (Å²) in [6.45, 7) is 6.68. The third-order valence-corrected chi connectivity index (χ3v) is 5.11. The minimum atomic E-state index is -0.0125. The van der Waals surface area contributed by atoms with Crippen LogP contribution in [-0.4, -0.2) is 41.7 Å². The molecule has 140 valence electrons. The van der Waals surface area contributed by atoms with Crippen molar-refractivity contribution in [2.24, 2.45) is 0 Å². The van der Waals surface area contributed by atoms with Gasteiger partial charge >= 0.3 is 0 Å². The number of ether oxygens (including phenoxy) is 1. The summed E-state index contributed by atoms with van der Waals surface area (Å²) in [7, 11) is 4.14. The molecule has 2 N–H and O–H groups in total. The minimum Gasteiger partial charge on any atom is -0.491 e. The lowest BCUT2D eigenvalue weighted by molar-refractivity contribution is -0.116. The summed E-state index contributed by atoms with van der Waals surface area (Å²) in [5.74, 6) is 0.888. The largest absolute Gasteiger partial charge is 0.491 e. The number of nitrogens with zero attached hydrogens (tertiary/aromatic N) is 2. The van der Waals surface area contributed by atoms with Gasteiger partial charge in [-0.2, -0.15) is 5.10 Å². The summed E-state index contributed by atoms with van der Waals surface area (Å²) in [6, 6.07) is 6.28. The van der Waals surface area contributed by atoms with Gasteiger partial charge in [0.05, 0.1) is 18.0 Å². The van der Waals surface area contributed by atoms with Crippen LogP contribution in [0.4, 0.5) is 5.69 Å². The third kappa shape index (κ3) is 3.60. The lowest BCUT2D eigenvalue weighted by Gasteiger charge is -2.31. The zero-order valence-electron chi connectivity index (χ0n) is 16.2. The molecule has 0 radical (unpaired) electrons. The number of nitrogens with one attached hydrogen (secondary N) is 2. The Balaban J connectivity index is 1.75. The molecule has 0 saturated carbocycles. The van der Waals surface area contributed by atoms with Crippen LogP contribution in [0.15, 0.2) is 18.2 Å². The predicted octanol–water partition coefficient (Wildman–Crippen LogP) is 3.54. The van der Waals surface area contributed by atoms with Gasteiger partial charge in [0, 0.05) is 30.1 Å². The molecule has 6 nitrogen and oxygen atoms in total. The van der Waals surface area contributed by atoms with Crippen molar-refractivity contribution >= 4 is 11.6 Å². The lowest BCUT2D eigenvalue weighted by atomic mass is 9.95. The van der Waals surface area contributed by atoms with Gasteiger partial charge in [-0.1, -0.05) is 19.1 Å². The highest BCUT2D eigenvalue weighted by atomic mass is 16.5. The Kier molecular flexibility index (Phi) is 5.32. The van der Waals surface area contributed by atoms with Gasteiger partial charge in [0.1, 0.15) is 5.75 Å². The molecule has 1 aromatic heterocycles. The van der Waals surface area contributed by atoms with Crippen LogP contribution in [0.2, 0.25) is 0 Å². The Labute approximate surface area is 154 Å². The fourth-order valence-electron chi connectivity index (χ4n) is 3.91. The van der Waals surface area contributed by atoms with E-state index in [1.54, 1.807) is 0 Å². The first-order valence-electron chi connectivity index (χ1n) is 9.12. The molecule has 2 atom stereocenters. The first-order valence-corrected chi connectivity index (χ1v) is 9.12. The van der Waals surface area contributed by atoms with Crippen molar-refractivity contribution in [2.45, 2.75) is 45.6 Å². The molecule has 0 bridgehead atoms. The zero-order chi connectivity index (χ0) is 18.8. The number of amides is 1. The molecule has 26 heavy (non-hydrogen) atoms. The van der Waals surface area contributed by atoms with Crippen molar-refractivity contribution in [3.8, 4) is 5.75 Å². The monoisotopic (exact) mass is 356 g/mol. The summed E-state index contributed by atoms with van der Waals surface area (Å²) >= 11 is 0. The van der Waals surface area contributed by atoms with Crippen LogP contribution in [0.5, 0.6) is 5.75 Å². The maximum atomic E-state index is 12.6. The molecule has 3 rings (SSSR count). The second kappa shape index (κ2) is 7.50. The Morgan fingerprint density at radius 1 is 1.42 bits per heavy atom. The van der Waals surface area contributed by atoms with E-state index in [9.17, 15) is 4.79 Å². The summed E-state index contributed by atoms with van der Waals surface area (Å²) in [5, 5.41) is 10.3. The van der Waals surface area contributed by atoms with Crippen LogP contribution in [0.3, 0.4) is 0 Å². The molecule has 0 spiro atoms. The van der Waals surface area contributed by atoms with Crippen LogP contribution in [0.25, 0.3) is 0 Å². The number of carbonyl (C=O) groups excluding carboxylic acids is 1. The van der Waals surface area contributed by atoms with Crippen molar-refractivity contribution in [3.63, 3.8) is 0 Å². The van der Waals surface area contributed by atoms with E-state index in [1.165, 1.54) is 0 Å². The molecular formula is C20H28N4O2. The molecule has 0 saturated heterocycles. The van der Waals surface area contributed by atoms with E-state index in [-0.39, 0.29) is 11.8 Å². The van der Waals surface area contributed by atoms with E-state index in [4.69, 9.17) is 4.74 Å². The Bertz CT molecular complexity index is 778. The van der Waals surface area contributed by atoms with Gasteiger partial charge in [0.25, 0.3) is 0 Å². The number of rotatable bonds is 5. The zero-order valence-corrected chi connectivity index (χ0v) is 16.2. The molecule has 1 amide bonds. The molecule has 0 fully saturated rings. The van der Waals surface area contributed by atoms with Crippen molar-refractivity contribution < 1.29 is 9.53 Å². The number of aromatic amines is 1. The van der Waals surface area contributed by atoms with Crippen molar-refractivity contribution in [1.29, 1.82) is 0 Å². The number of aromatic nitrogens is 2. The van der Waals surface area contributed by atoms with Gasteiger partial charge in [0.15, 0.2) is 0 Å².